The van der Waals surface area contributed by atoms with Crippen molar-refractivity contribution in [1.82, 2.24) is 5.32 Å². The molecule has 3 aromatic carbocycles. The van der Waals surface area contributed by atoms with Gasteiger partial charge in [-0.3, -0.25) is 9.44 Å². The van der Waals surface area contributed by atoms with Gasteiger partial charge in [0.05, 0.1) is 23.4 Å². The number of methoxy groups -OCH3 is 1. The smallest absolute Gasteiger partial charge is 0.265 e. The highest BCUT2D eigenvalue weighted by atomic mass is 32.2. The van der Waals surface area contributed by atoms with Gasteiger partial charge in [-0.1, -0.05) is 24.3 Å². The van der Waals surface area contributed by atoms with Crippen molar-refractivity contribution in [2.45, 2.75) is 16.7 Å². The molecule has 4 rings (SSSR count). The molecule has 0 spiro atoms. The zero-order valence-electron chi connectivity index (χ0n) is 19.5. The van der Waals surface area contributed by atoms with Crippen LogP contribution < -0.4 is 24.4 Å². The number of piperazine rings is 1. The van der Waals surface area contributed by atoms with Crippen LogP contribution in [0.5, 0.6) is 5.75 Å². The standard InChI is InChI=1S/C24H28N4O5S2/c1-18-8-11-24(23(16-18)33-2)35(31,32)26-21-10-9-19(28-14-12-25-13-15-28)17-22(21)27-34(29,30)20-6-4-3-5-7-20/h3-11,16-17,25-27H,12-15H2,1-2H3. The van der Waals surface area contributed by atoms with Crippen molar-refractivity contribution in [1.29, 1.82) is 0 Å². The molecular formula is C24H28N4O5S2. The first-order valence-corrected chi connectivity index (χ1v) is 14.0. The predicted octanol–water partition coefficient (Wildman–Crippen LogP) is 3.01. The highest BCUT2D eigenvalue weighted by Crippen LogP contribution is 2.33. The molecule has 9 nitrogen and oxygen atoms in total. The van der Waals surface area contributed by atoms with E-state index in [1.54, 1.807) is 48.5 Å². The second-order valence-electron chi connectivity index (χ2n) is 8.15. The first-order valence-electron chi connectivity index (χ1n) is 11.0. The number of benzene rings is 3. The highest BCUT2D eigenvalue weighted by Gasteiger charge is 2.24. The molecule has 0 amide bonds. The molecule has 11 heteroatoms. The molecule has 0 aromatic heterocycles. The largest absolute Gasteiger partial charge is 0.495 e. The molecule has 0 radical (unpaired) electrons. The Labute approximate surface area is 206 Å². The van der Waals surface area contributed by atoms with Crippen LogP contribution in [0.15, 0.2) is 76.5 Å². The summed E-state index contributed by atoms with van der Waals surface area (Å²) in [5.74, 6) is 0.196. The maximum absolute atomic E-state index is 13.3. The average molecular weight is 517 g/mol. The number of nitrogens with zero attached hydrogens (tertiary/aromatic N) is 1. The maximum Gasteiger partial charge on any atom is 0.265 e. The van der Waals surface area contributed by atoms with Gasteiger partial charge in [0, 0.05) is 31.9 Å². The number of aryl methyl sites for hydroxylation is 1. The van der Waals surface area contributed by atoms with Crippen LogP contribution in [0.4, 0.5) is 17.1 Å². The van der Waals surface area contributed by atoms with E-state index in [2.05, 4.69) is 19.7 Å². The van der Waals surface area contributed by atoms with E-state index >= 15 is 0 Å². The lowest BCUT2D eigenvalue weighted by atomic mass is 10.2. The van der Waals surface area contributed by atoms with Crippen LogP contribution in [0.2, 0.25) is 0 Å². The van der Waals surface area contributed by atoms with E-state index in [1.807, 2.05) is 6.92 Å². The van der Waals surface area contributed by atoms with E-state index in [9.17, 15) is 16.8 Å². The van der Waals surface area contributed by atoms with E-state index in [4.69, 9.17) is 4.74 Å². The van der Waals surface area contributed by atoms with Crippen LogP contribution in [0, 0.1) is 6.92 Å². The van der Waals surface area contributed by atoms with Crippen molar-refractivity contribution in [3.8, 4) is 5.75 Å². The van der Waals surface area contributed by atoms with Gasteiger partial charge in [0.2, 0.25) is 0 Å². The molecule has 1 saturated heterocycles. The van der Waals surface area contributed by atoms with Gasteiger partial charge in [-0.25, -0.2) is 16.8 Å². The monoisotopic (exact) mass is 516 g/mol. The molecule has 1 fully saturated rings. The molecule has 0 atom stereocenters. The minimum Gasteiger partial charge on any atom is -0.495 e. The fourth-order valence-corrected chi connectivity index (χ4v) is 6.15. The SMILES string of the molecule is COc1cc(C)ccc1S(=O)(=O)Nc1ccc(N2CCNCC2)cc1NS(=O)(=O)c1ccccc1. The maximum atomic E-state index is 13.3. The van der Waals surface area contributed by atoms with Gasteiger partial charge in [-0.15, -0.1) is 0 Å². The van der Waals surface area contributed by atoms with Crippen LogP contribution in [-0.2, 0) is 20.0 Å². The molecule has 3 N–H and O–H groups in total. The van der Waals surface area contributed by atoms with Crippen molar-refractivity contribution in [3.05, 3.63) is 72.3 Å². The Morgan fingerprint density at radius 3 is 2.20 bits per heavy atom. The zero-order chi connectivity index (χ0) is 25.1. The van der Waals surface area contributed by atoms with Gasteiger partial charge < -0.3 is 15.0 Å². The lowest BCUT2D eigenvalue weighted by molar-refractivity contribution is 0.402. The van der Waals surface area contributed by atoms with Gasteiger partial charge >= 0.3 is 0 Å². The van der Waals surface area contributed by atoms with Gasteiger partial charge in [0.15, 0.2) is 0 Å². The Bertz CT molecular complexity index is 1410. The van der Waals surface area contributed by atoms with Gasteiger partial charge in [-0.2, -0.15) is 0 Å². The number of rotatable bonds is 8. The second kappa shape index (κ2) is 10.1. The van der Waals surface area contributed by atoms with Crippen molar-refractivity contribution in [2.75, 3.05) is 47.6 Å². The molecule has 0 unspecified atom stereocenters. The Kier molecular flexibility index (Phi) is 7.20. The average Bonchev–Trinajstić information content (AvgIpc) is 2.85. The normalized spacial score (nSPS) is 14.4. The van der Waals surface area contributed by atoms with E-state index in [0.717, 1.165) is 37.4 Å². The lowest BCUT2D eigenvalue weighted by Gasteiger charge is -2.30. The molecule has 0 saturated carbocycles. The van der Waals surface area contributed by atoms with E-state index in [1.165, 1.54) is 25.3 Å². The first-order chi connectivity index (χ1) is 16.7. The summed E-state index contributed by atoms with van der Waals surface area (Å²) >= 11 is 0. The fraction of sp³-hybridized carbons (Fsp3) is 0.250. The number of anilines is 3. The molecule has 0 aliphatic carbocycles. The molecule has 1 aliphatic rings. The number of ether oxygens (including phenoxy) is 1. The molecule has 1 aliphatic heterocycles. The molecular weight excluding hydrogens is 488 g/mol. The summed E-state index contributed by atoms with van der Waals surface area (Å²) in [6.45, 7) is 4.92. The molecule has 35 heavy (non-hydrogen) atoms. The van der Waals surface area contributed by atoms with Crippen molar-refractivity contribution in [3.63, 3.8) is 0 Å². The van der Waals surface area contributed by atoms with E-state index < -0.39 is 20.0 Å². The Hall–Kier alpha value is -3.28. The third kappa shape index (κ3) is 5.69. The summed E-state index contributed by atoms with van der Waals surface area (Å²) in [6, 6.07) is 17.7. The summed E-state index contributed by atoms with van der Waals surface area (Å²) in [6.07, 6.45) is 0. The fourth-order valence-electron chi connectivity index (χ4n) is 3.83. The summed E-state index contributed by atoms with van der Waals surface area (Å²) in [5, 5.41) is 3.28. The van der Waals surface area contributed by atoms with Crippen LogP contribution in [0.3, 0.4) is 0 Å². The highest BCUT2D eigenvalue weighted by molar-refractivity contribution is 7.93. The second-order valence-corrected chi connectivity index (χ2v) is 11.5. The summed E-state index contributed by atoms with van der Waals surface area (Å²) in [4.78, 5) is 2.13. The molecule has 1 heterocycles. The van der Waals surface area contributed by atoms with Crippen LogP contribution in [-0.4, -0.2) is 50.1 Å². The van der Waals surface area contributed by atoms with Crippen LogP contribution in [0.25, 0.3) is 0 Å². The topological polar surface area (TPSA) is 117 Å². The number of sulfonamides is 2. The Balaban J connectivity index is 1.74. The minimum absolute atomic E-state index is 0.0475. The predicted molar refractivity (Wildman–Crippen MR) is 137 cm³/mol. The first kappa shape index (κ1) is 24.8. The van der Waals surface area contributed by atoms with Crippen molar-refractivity contribution < 1.29 is 21.6 Å². The lowest BCUT2D eigenvalue weighted by Crippen LogP contribution is -2.43. The minimum atomic E-state index is -4.09. The van der Waals surface area contributed by atoms with Crippen molar-refractivity contribution >= 4 is 37.1 Å². The van der Waals surface area contributed by atoms with E-state index in [0.29, 0.717) is 0 Å². The third-order valence-electron chi connectivity index (χ3n) is 5.64. The van der Waals surface area contributed by atoms with Crippen LogP contribution in [0.1, 0.15) is 5.56 Å². The van der Waals surface area contributed by atoms with Gasteiger partial charge in [0.25, 0.3) is 20.0 Å². The van der Waals surface area contributed by atoms with Crippen molar-refractivity contribution in [2.24, 2.45) is 0 Å². The van der Waals surface area contributed by atoms with E-state index in [-0.39, 0.29) is 26.9 Å². The molecule has 186 valence electrons. The summed E-state index contributed by atoms with van der Waals surface area (Å²) < 4.78 is 63.1. The quantitative estimate of drug-likeness (QED) is 0.421. The van der Waals surface area contributed by atoms with Gasteiger partial charge in [0.1, 0.15) is 10.6 Å². The molecule has 3 aromatic rings. The Morgan fingerprint density at radius 2 is 1.51 bits per heavy atom. The third-order valence-corrected chi connectivity index (χ3v) is 8.42. The van der Waals surface area contributed by atoms with Crippen LogP contribution >= 0.6 is 0 Å². The number of hydrogen-bond donors (Lipinski definition) is 3. The van der Waals surface area contributed by atoms with Gasteiger partial charge in [-0.05, 0) is 55.0 Å². The summed E-state index contributed by atoms with van der Waals surface area (Å²) in [7, 11) is -6.65. The zero-order valence-corrected chi connectivity index (χ0v) is 21.1. The number of nitrogens with one attached hydrogen (secondary N) is 3. The Morgan fingerprint density at radius 1 is 0.829 bits per heavy atom. The number of hydrogen-bond acceptors (Lipinski definition) is 7. The summed E-state index contributed by atoms with van der Waals surface area (Å²) in [5.41, 5.74) is 1.86. The molecule has 0 bridgehead atoms.